The molecule has 1 amide bonds. The summed E-state index contributed by atoms with van der Waals surface area (Å²) in [5.41, 5.74) is 2.26. The Hall–Kier alpha value is -2.94. The van der Waals surface area contributed by atoms with Crippen LogP contribution in [-0.2, 0) is 4.79 Å². The molecule has 5 rings (SSSR count). The number of hydrogen-bond acceptors (Lipinski definition) is 4. The first kappa shape index (κ1) is 17.2. The van der Waals surface area contributed by atoms with Gasteiger partial charge in [0.25, 0.3) is 6.43 Å². The molecule has 1 aliphatic carbocycles. The SMILES string of the molecule is O=C(Nc1nc2ccc(-c3c(C(F)F)ccc4[nH]ncc34)cc2s1)C1C[C@@H]1F. The molecule has 0 spiro atoms. The molecule has 2 heterocycles. The molecule has 5 nitrogen and oxygen atoms in total. The standard InChI is InChI=1S/C19H13F3N4OS/c20-12-6-10(12)18(27)25-19-24-14-3-1-8(5-15(14)28-19)16-9(17(21)22)2-4-13-11(16)7-23-26-13/h1-5,7,10,12,17H,6H2,(H,23,26)(H,24,25,27)/t10?,12-/m0/s1. The average Bonchev–Trinajstić information content (AvgIpc) is 3.06. The summed E-state index contributed by atoms with van der Waals surface area (Å²) < 4.78 is 41.0. The van der Waals surface area contributed by atoms with Crippen LogP contribution >= 0.6 is 11.3 Å². The number of nitrogens with zero attached hydrogens (tertiary/aromatic N) is 2. The second-order valence-corrected chi connectivity index (χ2v) is 7.74. The third kappa shape index (κ3) is 2.82. The van der Waals surface area contributed by atoms with E-state index in [0.717, 1.165) is 4.70 Å². The van der Waals surface area contributed by atoms with Crippen LogP contribution in [0.2, 0.25) is 0 Å². The lowest BCUT2D eigenvalue weighted by Gasteiger charge is -2.10. The van der Waals surface area contributed by atoms with Crippen molar-refractivity contribution in [2.24, 2.45) is 5.92 Å². The number of aromatic nitrogens is 3. The van der Waals surface area contributed by atoms with Gasteiger partial charge in [0.1, 0.15) is 6.17 Å². The number of carbonyl (C=O) groups is 1. The van der Waals surface area contributed by atoms with Gasteiger partial charge in [-0.1, -0.05) is 23.5 Å². The molecule has 1 aliphatic rings. The number of fused-ring (bicyclic) bond motifs is 2. The zero-order valence-electron chi connectivity index (χ0n) is 14.2. The Balaban J connectivity index is 1.57. The summed E-state index contributed by atoms with van der Waals surface area (Å²) in [7, 11) is 0. The molecule has 1 saturated carbocycles. The Morgan fingerprint density at radius 1 is 1.29 bits per heavy atom. The highest BCUT2D eigenvalue weighted by molar-refractivity contribution is 7.22. The lowest BCUT2D eigenvalue weighted by molar-refractivity contribution is -0.117. The van der Waals surface area contributed by atoms with Crippen molar-refractivity contribution in [2.75, 3.05) is 5.32 Å². The maximum absolute atomic E-state index is 13.6. The Morgan fingerprint density at radius 3 is 2.86 bits per heavy atom. The number of nitrogens with one attached hydrogen (secondary N) is 2. The molecule has 2 atom stereocenters. The van der Waals surface area contributed by atoms with Gasteiger partial charge >= 0.3 is 0 Å². The van der Waals surface area contributed by atoms with E-state index in [2.05, 4.69) is 20.5 Å². The van der Waals surface area contributed by atoms with Gasteiger partial charge in [-0.15, -0.1) is 0 Å². The summed E-state index contributed by atoms with van der Waals surface area (Å²) in [5, 5.41) is 10.4. The number of carbonyl (C=O) groups excluding carboxylic acids is 1. The largest absolute Gasteiger partial charge is 0.302 e. The number of benzene rings is 2. The van der Waals surface area contributed by atoms with E-state index < -0.39 is 18.5 Å². The molecule has 28 heavy (non-hydrogen) atoms. The van der Waals surface area contributed by atoms with Crippen LogP contribution in [0.3, 0.4) is 0 Å². The van der Waals surface area contributed by atoms with Crippen LogP contribution in [0.25, 0.3) is 32.2 Å². The van der Waals surface area contributed by atoms with Crippen LogP contribution in [0.1, 0.15) is 18.4 Å². The van der Waals surface area contributed by atoms with Crippen LogP contribution in [0.5, 0.6) is 0 Å². The van der Waals surface area contributed by atoms with E-state index in [4.69, 9.17) is 0 Å². The van der Waals surface area contributed by atoms with Crippen LogP contribution < -0.4 is 5.32 Å². The van der Waals surface area contributed by atoms with Crippen LogP contribution in [0.15, 0.2) is 36.5 Å². The van der Waals surface area contributed by atoms with Crippen molar-refractivity contribution < 1.29 is 18.0 Å². The molecule has 0 aliphatic heterocycles. The van der Waals surface area contributed by atoms with Gasteiger partial charge in [-0.2, -0.15) is 5.10 Å². The molecule has 1 fully saturated rings. The maximum Gasteiger partial charge on any atom is 0.264 e. The highest BCUT2D eigenvalue weighted by Gasteiger charge is 2.43. The summed E-state index contributed by atoms with van der Waals surface area (Å²) in [6, 6.07) is 8.19. The van der Waals surface area contributed by atoms with Gasteiger partial charge in [-0.25, -0.2) is 18.2 Å². The normalized spacial score (nSPS) is 18.9. The molecule has 2 N–H and O–H groups in total. The number of anilines is 1. The molecule has 2 aromatic carbocycles. The molecule has 9 heteroatoms. The average molecular weight is 402 g/mol. The van der Waals surface area contributed by atoms with Gasteiger partial charge in [0.15, 0.2) is 5.13 Å². The minimum atomic E-state index is -2.63. The monoisotopic (exact) mass is 402 g/mol. The van der Waals surface area contributed by atoms with Crippen molar-refractivity contribution in [1.29, 1.82) is 0 Å². The van der Waals surface area contributed by atoms with Gasteiger partial charge in [-0.05, 0) is 30.2 Å². The predicted octanol–water partition coefficient (Wildman–Crippen LogP) is 5.07. The third-order valence-electron chi connectivity index (χ3n) is 4.85. The first-order valence-electron chi connectivity index (χ1n) is 8.61. The number of halogens is 3. The van der Waals surface area contributed by atoms with Gasteiger partial charge in [0.2, 0.25) is 5.91 Å². The van der Waals surface area contributed by atoms with E-state index in [1.54, 1.807) is 24.3 Å². The summed E-state index contributed by atoms with van der Waals surface area (Å²) in [6.07, 6.45) is -1.94. The number of aromatic amines is 1. The zero-order chi connectivity index (χ0) is 19.4. The Bertz CT molecular complexity index is 1220. The smallest absolute Gasteiger partial charge is 0.264 e. The fourth-order valence-electron chi connectivity index (χ4n) is 3.31. The molecule has 0 bridgehead atoms. The highest BCUT2D eigenvalue weighted by atomic mass is 32.1. The van der Waals surface area contributed by atoms with Gasteiger partial charge in [0.05, 0.1) is 27.8 Å². The van der Waals surface area contributed by atoms with Crippen LogP contribution in [0, 0.1) is 5.92 Å². The molecule has 0 saturated heterocycles. The summed E-state index contributed by atoms with van der Waals surface area (Å²) >= 11 is 1.23. The van der Waals surface area contributed by atoms with Crippen molar-refractivity contribution in [2.45, 2.75) is 19.0 Å². The molecule has 142 valence electrons. The fraction of sp³-hybridized carbons (Fsp3) is 0.211. The topological polar surface area (TPSA) is 70.7 Å². The molecule has 0 radical (unpaired) electrons. The van der Waals surface area contributed by atoms with Crippen LogP contribution in [-0.4, -0.2) is 27.3 Å². The molecule has 2 aromatic heterocycles. The minimum absolute atomic E-state index is 0.0750. The number of H-pyrrole nitrogens is 1. The van der Waals surface area contributed by atoms with Crippen molar-refractivity contribution in [3.8, 4) is 11.1 Å². The molecular formula is C19H13F3N4OS. The van der Waals surface area contributed by atoms with Crippen molar-refractivity contribution in [3.63, 3.8) is 0 Å². The molecular weight excluding hydrogens is 389 g/mol. The van der Waals surface area contributed by atoms with Gasteiger partial charge < -0.3 is 5.32 Å². The Kier molecular flexibility index (Phi) is 3.87. The van der Waals surface area contributed by atoms with E-state index in [1.165, 1.54) is 23.6 Å². The number of thiazole rings is 1. The van der Waals surface area contributed by atoms with Crippen molar-refractivity contribution in [1.82, 2.24) is 15.2 Å². The van der Waals surface area contributed by atoms with E-state index in [9.17, 15) is 18.0 Å². The van der Waals surface area contributed by atoms with E-state index in [1.807, 2.05) is 0 Å². The summed E-state index contributed by atoms with van der Waals surface area (Å²) in [5.74, 6) is -0.982. The number of rotatable bonds is 4. The van der Waals surface area contributed by atoms with Crippen LogP contribution in [0.4, 0.5) is 18.3 Å². The second kappa shape index (κ2) is 6.30. The lowest BCUT2D eigenvalue weighted by Crippen LogP contribution is -2.14. The number of alkyl halides is 3. The number of amides is 1. The third-order valence-corrected chi connectivity index (χ3v) is 5.78. The van der Waals surface area contributed by atoms with Gasteiger partial charge in [0, 0.05) is 16.5 Å². The second-order valence-electron chi connectivity index (χ2n) is 6.71. The minimum Gasteiger partial charge on any atom is -0.302 e. The van der Waals surface area contributed by atoms with Crippen molar-refractivity contribution in [3.05, 3.63) is 42.1 Å². The highest BCUT2D eigenvalue weighted by Crippen LogP contribution is 2.39. The first-order valence-corrected chi connectivity index (χ1v) is 9.43. The summed E-state index contributed by atoms with van der Waals surface area (Å²) in [4.78, 5) is 16.2. The first-order chi connectivity index (χ1) is 13.5. The Morgan fingerprint density at radius 2 is 2.11 bits per heavy atom. The zero-order valence-corrected chi connectivity index (χ0v) is 15.1. The quantitative estimate of drug-likeness (QED) is 0.500. The maximum atomic E-state index is 13.6. The predicted molar refractivity (Wildman–Crippen MR) is 101 cm³/mol. The molecule has 4 aromatic rings. The fourth-order valence-corrected chi connectivity index (χ4v) is 4.21. The number of hydrogen-bond donors (Lipinski definition) is 2. The lowest BCUT2D eigenvalue weighted by atomic mass is 9.96. The van der Waals surface area contributed by atoms with E-state index >= 15 is 0 Å². The summed E-state index contributed by atoms with van der Waals surface area (Å²) in [6.45, 7) is 0. The van der Waals surface area contributed by atoms with Gasteiger partial charge in [-0.3, -0.25) is 9.89 Å². The van der Waals surface area contributed by atoms with Crippen molar-refractivity contribution >= 4 is 43.5 Å². The molecule has 1 unspecified atom stereocenters. The van der Waals surface area contributed by atoms with E-state index in [0.29, 0.717) is 32.7 Å². The Labute approximate surface area is 160 Å². The van der Waals surface area contributed by atoms with E-state index in [-0.39, 0.29) is 17.9 Å².